The molecule has 3 heterocycles. The first-order valence-corrected chi connectivity index (χ1v) is 10.2. The maximum Gasteiger partial charge on any atom is 0.245 e. The van der Waals surface area contributed by atoms with Crippen LogP contribution in [0.15, 0.2) is 53.7 Å². The van der Waals surface area contributed by atoms with Gasteiger partial charge in [-0.15, -0.1) is 0 Å². The van der Waals surface area contributed by atoms with Crippen molar-refractivity contribution in [1.29, 1.82) is 0 Å². The van der Waals surface area contributed by atoms with Gasteiger partial charge in [-0.1, -0.05) is 23.7 Å². The van der Waals surface area contributed by atoms with Crippen molar-refractivity contribution in [1.82, 2.24) is 9.29 Å². The predicted octanol–water partition coefficient (Wildman–Crippen LogP) is 3.50. The average molecular weight is 379 g/mol. The Labute approximate surface area is 152 Å². The Morgan fingerprint density at radius 3 is 2.44 bits per heavy atom. The van der Waals surface area contributed by atoms with Gasteiger partial charge in [-0.2, -0.15) is 4.31 Å². The minimum atomic E-state index is -3.59. The van der Waals surface area contributed by atoms with Crippen LogP contribution in [-0.2, 0) is 10.0 Å². The molecule has 0 aliphatic carbocycles. The van der Waals surface area contributed by atoms with Gasteiger partial charge in [0.15, 0.2) is 0 Å². The number of nitrogens with zero attached hydrogens (tertiary/aromatic N) is 2. The molecule has 7 heteroatoms. The molecule has 2 atom stereocenters. The normalized spacial score (nSPS) is 26.5. The van der Waals surface area contributed by atoms with Crippen molar-refractivity contribution in [3.8, 4) is 5.75 Å². The van der Waals surface area contributed by atoms with Crippen molar-refractivity contribution in [3.05, 3.63) is 53.8 Å². The van der Waals surface area contributed by atoms with Gasteiger partial charge < -0.3 is 4.74 Å². The Morgan fingerprint density at radius 2 is 1.80 bits per heavy atom. The summed E-state index contributed by atoms with van der Waals surface area (Å²) in [7, 11) is -3.59. The lowest BCUT2D eigenvalue weighted by atomic mass is 10.0. The van der Waals surface area contributed by atoms with E-state index in [1.165, 1.54) is 0 Å². The fourth-order valence-corrected chi connectivity index (χ4v) is 6.34. The van der Waals surface area contributed by atoms with Gasteiger partial charge in [0.05, 0.1) is 11.2 Å². The molecular formula is C18H19ClN2O3S. The zero-order valence-corrected chi connectivity index (χ0v) is 15.2. The van der Waals surface area contributed by atoms with Gasteiger partial charge in [0.25, 0.3) is 0 Å². The van der Waals surface area contributed by atoms with E-state index >= 15 is 0 Å². The number of pyridine rings is 1. The number of hydrogen-bond acceptors (Lipinski definition) is 4. The molecule has 0 spiro atoms. The van der Waals surface area contributed by atoms with Crippen LogP contribution in [0, 0.1) is 0 Å². The number of fused-ring (bicyclic) bond motifs is 2. The third-order valence-electron chi connectivity index (χ3n) is 4.95. The van der Waals surface area contributed by atoms with E-state index in [1.54, 1.807) is 41.0 Å². The molecule has 0 radical (unpaired) electrons. The maximum absolute atomic E-state index is 13.1. The SMILES string of the molecule is O=S(=O)(c1ccccc1Cl)N1C2CCC1CC(Oc1cccnc1)C2. The molecule has 0 saturated carbocycles. The Balaban J connectivity index is 1.56. The van der Waals surface area contributed by atoms with E-state index in [0.717, 1.165) is 18.6 Å². The third-order valence-corrected chi connectivity index (χ3v) is 7.46. The summed E-state index contributed by atoms with van der Waals surface area (Å²) < 4.78 is 33.9. The molecule has 2 aliphatic rings. The number of halogens is 1. The molecule has 1 aromatic carbocycles. The molecule has 2 fully saturated rings. The smallest absolute Gasteiger partial charge is 0.245 e. The fourth-order valence-electron chi connectivity index (χ4n) is 3.95. The fraction of sp³-hybridized carbons (Fsp3) is 0.389. The van der Waals surface area contributed by atoms with E-state index in [2.05, 4.69) is 4.98 Å². The van der Waals surface area contributed by atoms with Crippen molar-refractivity contribution in [2.75, 3.05) is 0 Å². The molecule has 0 N–H and O–H groups in total. The van der Waals surface area contributed by atoms with Crippen LogP contribution in [0.2, 0.25) is 5.02 Å². The zero-order chi connectivity index (χ0) is 17.4. The highest BCUT2D eigenvalue weighted by Crippen LogP contribution is 2.41. The average Bonchev–Trinajstić information content (AvgIpc) is 2.89. The number of rotatable bonds is 4. The molecule has 132 valence electrons. The van der Waals surface area contributed by atoms with Gasteiger partial charge in [0.1, 0.15) is 16.7 Å². The van der Waals surface area contributed by atoms with Crippen molar-refractivity contribution in [2.45, 2.75) is 48.8 Å². The third kappa shape index (κ3) is 3.14. The predicted molar refractivity (Wildman–Crippen MR) is 95.2 cm³/mol. The van der Waals surface area contributed by atoms with Crippen molar-refractivity contribution >= 4 is 21.6 Å². The summed E-state index contributed by atoms with van der Waals surface area (Å²) in [5.74, 6) is 0.731. The maximum atomic E-state index is 13.1. The van der Waals surface area contributed by atoms with E-state index < -0.39 is 10.0 Å². The zero-order valence-electron chi connectivity index (χ0n) is 13.6. The van der Waals surface area contributed by atoms with Gasteiger partial charge in [-0.05, 0) is 37.1 Å². The molecule has 2 aromatic rings. The van der Waals surface area contributed by atoms with Gasteiger partial charge in [0.2, 0.25) is 10.0 Å². The van der Waals surface area contributed by atoms with Crippen LogP contribution in [-0.4, -0.2) is 35.9 Å². The highest BCUT2D eigenvalue weighted by molar-refractivity contribution is 7.89. The van der Waals surface area contributed by atoms with Crippen LogP contribution in [0.3, 0.4) is 0 Å². The summed E-state index contributed by atoms with van der Waals surface area (Å²) in [5, 5.41) is 0.274. The summed E-state index contributed by atoms with van der Waals surface area (Å²) in [6.07, 6.45) is 6.51. The Hall–Kier alpha value is -1.63. The lowest BCUT2D eigenvalue weighted by molar-refractivity contribution is 0.0953. The van der Waals surface area contributed by atoms with E-state index in [9.17, 15) is 8.42 Å². The van der Waals surface area contributed by atoms with Crippen LogP contribution < -0.4 is 4.74 Å². The summed E-state index contributed by atoms with van der Waals surface area (Å²) >= 11 is 6.14. The van der Waals surface area contributed by atoms with Crippen molar-refractivity contribution in [3.63, 3.8) is 0 Å². The van der Waals surface area contributed by atoms with Crippen LogP contribution in [0.1, 0.15) is 25.7 Å². The van der Waals surface area contributed by atoms with Gasteiger partial charge >= 0.3 is 0 Å². The van der Waals surface area contributed by atoms with Crippen LogP contribution in [0.5, 0.6) is 5.75 Å². The second-order valence-electron chi connectivity index (χ2n) is 6.55. The largest absolute Gasteiger partial charge is 0.489 e. The van der Waals surface area contributed by atoms with Crippen LogP contribution in [0.4, 0.5) is 0 Å². The first-order chi connectivity index (χ1) is 12.1. The summed E-state index contributed by atoms with van der Waals surface area (Å²) in [5.41, 5.74) is 0. The van der Waals surface area contributed by atoms with E-state index in [-0.39, 0.29) is 28.1 Å². The lowest BCUT2D eigenvalue weighted by Gasteiger charge is -2.37. The first-order valence-electron chi connectivity index (χ1n) is 8.40. The van der Waals surface area contributed by atoms with Gasteiger partial charge in [0, 0.05) is 31.1 Å². The topological polar surface area (TPSA) is 59.5 Å². The number of sulfonamides is 1. The molecule has 2 aliphatic heterocycles. The number of hydrogen-bond donors (Lipinski definition) is 0. The van der Waals surface area contributed by atoms with Crippen molar-refractivity contribution in [2.24, 2.45) is 0 Å². The molecular weight excluding hydrogens is 360 g/mol. The summed E-state index contributed by atoms with van der Waals surface area (Å²) in [6.45, 7) is 0. The number of benzene rings is 1. The van der Waals surface area contributed by atoms with Crippen molar-refractivity contribution < 1.29 is 13.2 Å². The summed E-state index contributed by atoms with van der Waals surface area (Å²) in [6, 6.07) is 10.3. The van der Waals surface area contributed by atoms with Gasteiger partial charge in [-0.3, -0.25) is 4.98 Å². The highest BCUT2D eigenvalue weighted by atomic mass is 35.5. The highest BCUT2D eigenvalue weighted by Gasteiger charge is 2.48. The van der Waals surface area contributed by atoms with E-state index in [1.807, 2.05) is 12.1 Å². The minimum Gasteiger partial charge on any atom is -0.489 e. The van der Waals surface area contributed by atoms with Crippen LogP contribution >= 0.6 is 11.6 Å². The molecule has 1 aromatic heterocycles. The Morgan fingerprint density at radius 1 is 1.08 bits per heavy atom. The molecule has 4 rings (SSSR count). The monoisotopic (exact) mass is 378 g/mol. The van der Waals surface area contributed by atoms with E-state index in [0.29, 0.717) is 12.8 Å². The molecule has 2 unspecified atom stereocenters. The Bertz CT molecular complexity index is 846. The molecule has 0 amide bonds. The second-order valence-corrected chi connectivity index (χ2v) is 8.77. The van der Waals surface area contributed by atoms with E-state index in [4.69, 9.17) is 16.3 Å². The first kappa shape index (κ1) is 16.8. The number of piperidine rings is 1. The summed E-state index contributed by atoms with van der Waals surface area (Å²) in [4.78, 5) is 4.26. The Kier molecular flexibility index (Phi) is 4.43. The lowest BCUT2D eigenvalue weighted by Crippen LogP contribution is -2.49. The minimum absolute atomic E-state index is 0.0133. The van der Waals surface area contributed by atoms with Crippen LogP contribution in [0.25, 0.3) is 0 Å². The number of aromatic nitrogens is 1. The number of ether oxygens (including phenoxy) is 1. The quantitative estimate of drug-likeness (QED) is 0.817. The molecule has 5 nitrogen and oxygen atoms in total. The second kappa shape index (κ2) is 6.59. The standard InChI is InChI=1S/C18H19ClN2O3S/c19-17-5-1-2-6-18(17)25(22,23)21-13-7-8-14(21)11-16(10-13)24-15-4-3-9-20-12-15/h1-6,9,12-14,16H,7-8,10-11H2. The van der Waals surface area contributed by atoms with Gasteiger partial charge in [-0.25, -0.2) is 8.42 Å². The molecule has 25 heavy (non-hydrogen) atoms. The molecule has 2 saturated heterocycles. The molecule has 2 bridgehead atoms.